The topological polar surface area (TPSA) is 65.5 Å². The van der Waals surface area contributed by atoms with Crippen molar-refractivity contribution in [2.75, 3.05) is 0 Å². The summed E-state index contributed by atoms with van der Waals surface area (Å²) < 4.78 is 12.8. The van der Waals surface area contributed by atoms with Crippen LogP contribution in [-0.2, 0) is 4.79 Å². The lowest BCUT2D eigenvalue weighted by molar-refractivity contribution is -0.122. The first-order chi connectivity index (χ1) is 11.6. The number of benzene rings is 2. The molecule has 5 nitrogen and oxygen atoms in total. The van der Waals surface area contributed by atoms with E-state index in [0.717, 1.165) is 5.56 Å². The monoisotopic (exact) mass is 346 g/mol. The van der Waals surface area contributed by atoms with Gasteiger partial charge in [0.05, 0.1) is 6.21 Å². The van der Waals surface area contributed by atoms with Gasteiger partial charge in [-0.15, -0.1) is 0 Å². The minimum atomic E-state index is -0.420. The van der Waals surface area contributed by atoms with E-state index in [9.17, 15) is 9.18 Å². The molecule has 1 heterocycles. The van der Waals surface area contributed by atoms with Crippen molar-refractivity contribution in [3.63, 3.8) is 0 Å². The Labute approximate surface area is 143 Å². The average molecular weight is 347 g/mol. The molecule has 3 N–H and O–H groups in total. The van der Waals surface area contributed by atoms with Crippen molar-refractivity contribution in [2.24, 2.45) is 5.10 Å². The maximum absolute atomic E-state index is 12.8. The van der Waals surface area contributed by atoms with Gasteiger partial charge in [0, 0.05) is 11.1 Å². The molecule has 0 saturated carbocycles. The maximum Gasteiger partial charge on any atom is 0.258 e. The molecule has 2 atom stereocenters. The molecule has 0 aliphatic carbocycles. The van der Waals surface area contributed by atoms with Crippen LogP contribution in [-0.4, -0.2) is 18.2 Å². The average Bonchev–Trinajstić information content (AvgIpc) is 3.07. The van der Waals surface area contributed by atoms with E-state index < -0.39 is 6.04 Å². The molecule has 124 valence electrons. The molecule has 2 aromatic rings. The van der Waals surface area contributed by atoms with Gasteiger partial charge in [-0.25, -0.2) is 20.7 Å². The zero-order chi connectivity index (χ0) is 16.9. The van der Waals surface area contributed by atoms with Crippen molar-refractivity contribution in [2.45, 2.75) is 18.5 Å². The van der Waals surface area contributed by atoms with Crippen LogP contribution in [0.3, 0.4) is 0 Å². The number of rotatable bonds is 4. The number of carbonyl (C=O) groups is 1. The van der Waals surface area contributed by atoms with E-state index in [1.807, 2.05) is 24.3 Å². The predicted molar refractivity (Wildman–Crippen MR) is 91.0 cm³/mol. The van der Waals surface area contributed by atoms with Crippen molar-refractivity contribution in [3.05, 3.63) is 70.5 Å². The Morgan fingerprint density at radius 1 is 1.21 bits per heavy atom. The van der Waals surface area contributed by atoms with Crippen LogP contribution in [0.5, 0.6) is 0 Å². The van der Waals surface area contributed by atoms with Gasteiger partial charge < -0.3 is 0 Å². The molecule has 7 heteroatoms. The highest BCUT2D eigenvalue weighted by Crippen LogP contribution is 2.28. The quantitative estimate of drug-likeness (QED) is 0.589. The van der Waals surface area contributed by atoms with Crippen LogP contribution in [0.1, 0.15) is 23.6 Å². The van der Waals surface area contributed by atoms with Gasteiger partial charge in [0.2, 0.25) is 0 Å². The van der Waals surface area contributed by atoms with E-state index in [2.05, 4.69) is 21.4 Å². The number of hydrazone groups is 1. The third-order valence-corrected chi connectivity index (χ3v) is 4.10. The molecule has 0 bridgehead atoms. The van der Waals surface area contributed by atoms with Gasteiger partial charge in [-0.3, -0.25) is 4.79 Å². The number of carbonyl (C=O) groups excluding carboxylic acids is 1. The van der Waals surface area contributed by atoms with Gasteiger partial charge in [0.1, 0.15) is 11.9 Å². The van der Waals surface area contributed by atoms with Gasteiger partial charge in [0.25, 0.3) is 5.91 Å². The Bertz CT molecular complexity index is 751. The first kappa shape index (κ1) is 16.6. The number of hydrazine groups is 1. The zero-order valence-corrected chi connectivity index (χ0v) is 13.4. The van der Waals surface area contributed by atoms with E-state index in [1.165, 1.54) is 18.3 Å². The summed E-state index contributed by atoms with van der Waals surface area (Å²) in [7, 11) is 0. The molecule has 2 unspecified atom stereocenters. The lowest BCUT2D eigenvalue weighted by atomic mass is 10.0. The number of halogens is 2. The molecule has 1 saturated heterocycles. The number of hydrogen-bond donors (Lipinski definition) is 3. The molecule has 0 spiro atoms. The summed E-state index contributed by atoms with van der Waals surface area (Å²) in [5.74, 6) is -0.571. The standard InChI is InChI=1S/C17H16ClFN4O/c18-14-4-2-1-3-13(14)15-9-16(22-21-15)17(24)23-20-10-11-5-7-12(19)8-6-11/h1-8,10,15-16,21-22H,9H2,(H,23,24)/b20-10+. The van der Waals surface area contributed by atoms with Gasteiger partial charge in [-0.2, -0.15) is 5.10 Å². The first-order valence-electron chi connectivity index (χ1n) is 7.47. The van der Waals surface area contributed by atoms with Gasteiger partial charge >= 0.3 is 0 Å². The van der Waals surface area contributed by atoms with Crippen molar-refractivity contribution in [1.82, 2.24) is 16.3 Å². The number of nitrogens with zero attached hydrogens (tertiary/aromatic N) is 1. The van der Waals surface area contributed by atoms with Crippen molar-refractivity contribution in [3.8, 4) is 0 Å². The van der Waals surface area contributed by atoms with E-state index in [-0.39, 0.29) is 17.8 Å². The molecule has 1 aliphatic heterocycles. The van der Waals surface area contributed by atoms with Crippen molar-refractivity contribution >= 4 is 23.7 Å². The number of amides is 1. The summed E-state index contributed by atoms with van der Waals surface area (Å²) in [4.78, 5) is 12.1. The van der Waals surface area contributed by atoms with Crippen LogP contribution in [0.15, 0.2) is 53.6 Å². The van der Waals surface area contributed by atoms with E-state index in [1.54, 1.807) is 12.1 Å². The number of nitrogens with one attached hydrogen (secondary N) is 3. The molecular formula is C17H16ClFN4O. The van der Waals surface area contributed by atoms with E-state index >= 15 is 0 Å². The molecular weight excluding hydrogens is 331 g/mol. The molecule has 1 aliphatic rings. The second-order valence-electron chi connectivity index (χ2n) is 5.44. The Kier molecular flexibility index (Phi) is 5.20. The fourth-order valence-corrected chi connectivity index (χ4v) is 2.75. The normalized spacial score (nSPS) is 20.4. The molecule has 0 aromatic heterocycles. The minimum Gasteiger partial charge on any atom is -0.271 e. The largest absolute Gasteiger partial charge is 0.271 e. The summed E-state index contributed by atoms with van der Waals surface area (Å²) in [5, 5.41) is 4.55. The molecule has 1 amide bonds. The maximum atomic E-state index is 12.8. The third kappa shape index (κ3) is 3.97. The van der Waals surface area contributed by atoms with Crippen LogP contribution in [0.25, 0.3) is 0 Å². The highest BCUT2D eigenvalue weighted by atomic mass is 35.5. The summed E-state index contributed by atoms with van der Waals surface area (Å²) in [6, 6.07) is 12.9. The van der Waals surface area contributed by atoms with E-state index in [0.29, 0.717) is 17.0 Å². The highest BCUT2D eigenvalue weighted by molar-refractivity contribution is 6.31. The van der Waals surface area contributed by atoms with E-state index in [4.69, 9.17) is 11.6 Å². The van der Waals surface area contributed by atoms with Crippen molar-refractivity contribution < 1.29 is 9.18 Å². The summed E-state index contributed by atoms with van der Waals surface area (Å²) >= 11 is 6.18. The fraction of sp³-hybridized carbons (Fsp3) is 0.176. The zero-order valence-electron chi connectivity index (χ0n) is 12.7. The van der Waals surface area contributed by atoms with Gasteiger partial charge in [0.15, 0.2) is 0 Å². The predicted octanol–water partition coefficient (Wildman–Crippen LogP) is 2.54. The van der Waals surface area contributed by atoms with Crippen LogP contribution in [0, 0.1) is 5.82 Å². The Hall–Kier alpha value is -2.28. The summed E-state index contributed by atoms with van der Waals surface area (Å²) in [6.07, 6.45) is 2.02. The Balaban J connectivity index is 1.55. The molecule has 2 aromatic carbocycles. The van der Waals surface area contributed by atoms with Crippen molar-refractivity contribution in [1.29, 1.82) is 0 Å². The SMILES string of the molecule is O=C(N/N=C/c1ccc(F)cc1)C1CC(c2ccccc2Cl)NN1. The second kappa shape index (κ2) is 7.53. The minimum absolute atomic E-state index is 0.0458. The van der Waals surface area contributed by atoms with Gasteiger partial charge in [-0.1, -0.05) is 41.9 Å². The number of hydrogen-bond acceptors (Lipinski definition) is 4. The molecule has 3 rings (SSSR count). The van der Waals surface area contributed by atoms with Crippen LogP contribution >= 0.6 is 11.6 Å². The van der Waals surface area contributed by atoms with Crippen LogP contribution in [0.2, 0.25) is 5.02 Å². The lowest BCUT2D eigenvalue weighted by Crippen LogP contribution is -2.41. The molecule has 1 fully saturated rings. The fourth-order valence-electron chi connectivity index (χ4n) is 2.49. The molecule has 0 radical (unpaired) electrons. The third-order valence-electron chi connectivity index (χ3n) is 3.76. The smallest absolute Gasteiger partial charge is 0.258 e. The van der Waals surface area contributed by atoms with Gasteiger partial charge in [-0.05, 0) is 35.7 Å². The Morgan fingerprint density at radius 2 is 1.96 bits per heavy atom. The Morgan fingerprint density at radius 3 is 2.71 bits per heavy atom. The lowest BCUT2D eigenvalue weighted by Gasteiger charge is -2.11. The first-order valence-corrected chi connectivity index (χ1v) is 7.85. The molecule has 24 heavy (non-hydrogen) atoms. The second-order valence-corrected chi connectivity index (χ2v) is 5.84. The highest BCUT2D eigenvalue weighted by Gasteiger charge is 2.30. The summed E-state index contributed by atoms with van der Waals surface area (Å²) in [6.45, 7) is 0. The van der Waals surface area contributed by atoms with Crippen LogP contribution < -0.4 is 16.3 Å². The summed E-state index contributed by atoms with van der Waals surface area (Å²) in [5.41, 5.74) is 10.1. The van der Waals surface area contributed by atoms with Crippen LogP contribution in [0.4, 0.5) is 4.39 Å².